The molecule has 0 aromatic rings. The third-order valence-corrected chi connectivity index (χ3v) is 3.03. The lowest BCUT2D eigenvalue weighted by Gasteiger charge is -2.24. The molecule has 84 valence electrons. The highest BCUT2D eigenvalue weighted by Gasteiger charge is 2.38. The Balaban J connectivity index is 2.02. The van der Waals surface area contributed by atoms with Gasteiger partial charge in [0.15, 0.2) is 0 Å². The molecule has 2 fully saturated rings. The summed E-state index contributed by atoms with van der Waals surface area (Å²) in [6.45, 7) is 1.16. The number of hydrogen-bond donors (Lipinski definition) is 1. The van der Waals surface area contributed by atoms with Crippen molar-refractivity contribution in [2.75, 3.05) is 13.2 Å². The Labute approximate surface area is 88.0 Å². The van der Waals surface area contributed by atoms with Crippen LogP contribution in [0.2, 0.25) is 0 Å². The van der Waals surface area contributed by atoms with Gasteiger partial charge in [-0.2, -0.15) is 0 Å². The second-order valence-corrected chi connectivity index (χ2v) is 4.03. The van der Waals surface area contributed by atoms with Crippen molar-refractivity contribution in [3.8, 4) is 0 Å². The molecule has 2 atom stereocenters. The number of aliphatic carboxylic acids is 1. The lowest BCUT2D eigenvalue weighted by Crippen LogP contribution is -2.45. The summed E-state index contributed by atoms with van der Waals surface area (Å²) >= 11 is 0. The summed E-state index contributed by atoms with van der Waals surface area (Å²) in [4.78, 5) is 24.3. The van der Waals surface area contributed by atoms with Gasteiger partial charge in [0, 0.05) is 13.2 Å². The predicted molar refractivity (Wildman–Crippen MR) is 51.3 cm³/mol. The second-order valence-electron chi connectivity index (χ2n) is 4.03. The highest BCUT2D eigenvalue weighted by molar-refractivity contribution is 5.87. The van der Waals surface area contributed by atoms with E-state index >= 15 is 0 Å². The van der Waals surface area contributed by atoms with Crippen LogP contribution in [-0.2, 0) is 14.3 Å². The molecule has 0 aromatic heterocycles. The number of likely N-dealkylation sites (tertiary alicyclic amines) is 1. The maximum atomic E-state index is 11.9. The largest absolute Gasteiger partial charge is 0.480 e. The van der Waals surface area contributed by atoms with E-state index in [4.69, 9.17) is 9.84 Å². The van der Waals surface area contributed by atoms with Crippen molar-refractivity contribution in [3.63, 3.8) is 0 Å². The SMILES string of the molecule is O=C(O)C1CCCN1C(=O)[C@@H]1CCCO1. The zero-order valence-electron chi connectivity index (χ0n) is 8.52. The van der Waals surface area contributed by atoms with E-state index in [2.05, 4.69) is 0 Å². The molecule has 0 aromatic carbocycles. The number of rotatable bonds is 2. The molecule has 1 unspecified atom stereocenters. The van der Waals surface area contributed by atoms with E-state index in [-0.39, 0.29) is 5.91 Å². The van der Waals surface area contributed by atoms with Crippen LogP contribution in [0.3, 0.4) is 0 Å². The van der Waals surface area contributed by atoms with Crippen LogP contribution in [0.1, 0.15) is 25.7 Å². The lowest BCUT2D eigenvalue weighted by molar-refractivity contribution is -0.152. The summed E-state index contributed by atoms with van der Waals surface area (Å²) in [6.07, 6.45) is 2.55. The molecule has 5 heteroatoms. The van der Waals surface area contributed by atoms with Crippen molar-refractivity contribution < 1.29 is 19.4 Å². The van der Waals surface area contributed by atoms with Gasteiger partial charge in [0.1, 0.15) is 12.1 Å². The molecular weight excluding hydrogens is 198 g/mol. The number of carboxylic acids is 1. The van der Waals surface area contributed by atoms with Gasteiger partial charge in [-0.15, -0.1) is 0 Å². The van der Waals surface area contributed by atoms with Crippen LogP contribution in [0.5, 0.6) is 0 Å². The smallest absolute Gasteiger partial charge is 0.326 e. The zero-order valence-corrected chi connectivity index (χ0v) is 8.52. The van der Waals surface area contributed by atoms with Gasteiger partial charge in [0.25, 0.3) is 5.91 Å². The first-order chi connectivity index (χ1) is 7.20. The summed E-state index contributed by atoms with van der Waals surface area (Å²) in [6, 6.07) is -0.637. The fourth-order valence-electron chi connectivity index (χ4n) is 2.24. The summed E-state index contributed by atoms with van der Waals surface area (Å²) in [5.74, 6) is -1.05. The summed E-state index contributed by atoms with van der Waals surface area (Å²) in [7, 11) is 0. The van der Waals surface area contributed by atoms with Crippen molar-refractivity contribution in [3.05, 3.63) is 0 Å². The second kappa shape index (κ2) is 4.18. The molecule has 0 aliphatic carbocycles. The first-order valence-electron chi connectivity index (χ1n) is 5.35. The third kappa shape index (κ3) is 1.97. The van der Waals surface area contributed by atoms with Gasteiger partial charge >= 0.3 is 5.97 Å². The highest BCUT2D eigenvalue weighted by Crippen LogP contribution is 2.22. The number of ether oxygens (including phenoxy) is 1. The summed E-state index contributed by atoms with van der Waals surface area (Å²) in [5.41, 5.74) is 0. The maximum Gasteiger partial charge on any atom is 0.326 e. The maximum absolute atomic E-state index is 11.9. The van der Waals surface area contributed by atoms with Crippen LogP contribution < -0.4 is 0 Å². The molecular formula is C10H15NO4. The van der Waals surface area contributed by atoms with Crippen LogP contribution in [0, 0.1) is 0 Å². The summed E-state index contributed by atoms with van der Waals surface area (Å²) < 4.78 is 5.27. The first-order valence-corrected chi connectivity index (χ1v) is 5.35. The van der Waals surface area contributed by atoms with E-state index < -0.39 is 18.1 Å². The quantitative estimate of drug-likeness (QED) is 0.713. The minimum Gasteiger partial charge on any atom is -0.480 e. The Morgan fingerprint density at radius 3 is 2.67 bits per heavy atom. The molecule has 2 rings (SSSR count). The molecule has 15 heavy (non-hydrogen) atoms. The van der Waals surface area contributed by atoms with Crippen molar-refractivity contribution >= 4 is 11.9 Å². The summed E-state index contributed by atoms with van der Waals surface area (Å²) in [5, 5.41) is 8.94. The fourth-order valence-corrected chi connectivity index (χ4v) is 2.24. The minimum atomic E-state index is -0.904. The molecule has 1 amide bonds. The van der Waals surface area contributed by atoms with Crippen molar-refractivity contribution in [1.82, 2.24) is 4.90 Å². The third-order valence-electron chi connectivity index (χ3n) is 3.03. The lowest BCUT2D eigenvalue weighted by atomic mass is 10.2. The Morgan fingerprint density at radius 2 is 2.07 bits per heavy atom. The average Bonchev–Trinajstić information content (AvgIpc) is 2.88. The van der Waals surface area contributed by atoms with Crippen molar-refractivity contribution in [2.45, 2.75) is 37.8 Å². The Morgan fingerprint density at radius 1 is 1.27 bits per heavy atom. The Kier molecular flexibility index (Phi) is 2.90. The van der Waals surface area contributed by atoms with E-state index in [1.807, 2.05) is 0 Å². The van der Waals surface area contributed by atoms with Gasteiger partial charge in [-0.3, -0.25) is 4.79 Å². The van der Waals surface area contributed by atoms with Gasteiger partial charge < -0.3 is 14.7 Å². The highest BCUT2D eigenvalue weighted by atomic mass is 16.5. The fraction of sp³-hybridized carbons (Fsp3) is 0.800. The zero-order chi connectivity index (χ0) is 10.8. The van der Waals surface area contributed by atoms with Crippen molar-refractivity contribution in [1.29, 1.82) is 0 Å². The standard InChI is InChI=1S/C10H15NO4/c12-9(8-4-2-6-15-8)11-5-1-3-7(11)10(13)14/h7-8H,1-6H2,(H,13,14)/t7?,8-/m0/s1. The van der Waals surface area contributed by atoms with Crippen LogP contribution in [-0.4, -0.2) is 47.2 Å². The number of nitrogens with zero attached hydrogens (tertiary/aromatic N) is 1. The number of hydrogen-bond acceptors (Lipinski definition) is 3. The molecule has 2 aliphatic rings. The monoisotopic (exact) mass is 213 g/mol. The normalized spacial score (nSPS) is 30.8. The van der Waals surface area contributed by atoms with Crippen molar-refractivity contribution in [2.24, 2.45) is 0 Å². The average molecular weight is 213 g/mol. The molecule has 1 N–H and O–H groups in total. The topological polar surface area (TPSA) is 66.8 Å². The van der Waals surface area contributed by atoms with Crippen LogP contribution in [0.15, 0.2) is 0 Å². The Bertz CT molecular complexity index is 273. The van der Waals surface area contributed by atoms with Gasteiger partial charge in [0.05, 0.1) is 0 Å². The van der Waals surface area contributed by atoms with E-state index in [9.17, 15) is 9.59 Å². The molecule has 5 nitrogen and oxygen atoms in total. The molecule has 0 saturated carbocycles. The molecule has 2 saturated heterocycles. The van der Waals surface area contributed by atoms with E-state index in [1.54, 1.807) is 0 Å². The van der Waals surface area contributed by atoms with Gasteiger partial charge in [-0.25, -0.2) is 4.79 Å². The van der Waals surface area contributed by atoms with E-state index in [1.165, 1.54) is 4.90 Å². The molecule has 0 radical (unpaired) electrons. The van der Waals surface area contributed by atoms with Gasteiger partial charge in [-0.1, -0.05) is 0 Å². The molecule has 2 heterocycles. The molecule has 0 bridgehead atoms. The molecule has 0 spiro atoms. The molecule has 2 aliphatic heterocycles. The van der Waals surface area contributed by atoms with Gasteiger partial charge in [0.2, 0.25) is 0 Å². The van der Waals surface area contributed by atoms with Crippen LogP contribution >= 0.6 is 0 Å². The van der Waals surface area contributed by atoms with Crippen LogP contribution in [0.25, 0.3) is 0 Å². The van der Waals surface area contributed by atoms with Gasteiger partial charge in [-0.05, 0) is 25.7 Å². The number of amides is 1. The Hall–Kier alpha value is -1.10. The number of carbonyl (C=O) groups excluding carboxylic acids is 1. The first kappa shape index (κ1) is 10.4. The van der Waals surface area contributed by atoms with E-state index in [0.29, 0.717) is 19.6 Å². The number of carbonyl (C=O) groups is 2. The minimum absolute atomic E-state index is 0.141. The van der Waals surface area contributed by atoms with E-state index in [0.717, 1.165) is 19.3 Å². The number of carboxylic acid groups (broad SMARTS) is 1. The predicted octanol–water partition coefficient (Wildman–Crippen LogP) is 0.241. The van der Waals surface area contributed by atoms with Crippen LogP contribution in [0.4, 0.5) is 0 Å².